The van der Waals surface area contributed by atoms with Gasteiger partial charge in [-0.15, -0.1) is 11.3 Å². The molecular weight excluding hydrogens is 344 g/mol. The Kier molecular flexibility index (Phi) is 4.91. The van der Waals surface area contributed by atoms with Crippen LogP contribution in [0, 0.1) is 13.8 Å². The number of hydrogen-bond donors (Lipinski definition) is 1. The maximum atomic E-state index is 13.0. The number of likely N-dealkylation sites (tertiary alicyclic amines) is 1. The number of nitrogens with zero attached hydrogens (tertiary/aromatic N) is 2. The summed E-state index contributed by atoms with van der Waals surface area (Å²) in [6.07, 6.45) is 0.290. The van der Waals surface area contributed by atoms with Gasteiger partial charge >= 0.3 is 5.97 Å². The predicted molar refractivity (Wildman–Crippen MR) is 91.8 cm³/mol. The molecule has 2 aromatic heterocycles. The average Bonchev–Trinajstić information content (AvgIpc) is 3.24. The van der Waals surface area contributed by atoms with E-state index in [0.717, 1.165) is 5.76 Å². The Morgan fingerprint density at radius 1 is 1.44 bits per heavy atom. The third kappa shape index (κ3) is 3.59. The largest absolute Gasteiger partial charge is 0.481 e. The molecule has 1 amide bonds. The van der Waals surface area contributed by atoms with Crippen molar-refractivity contribution in [1.82, 2.24) is 9.88 Å². The molecule has 2 atom stereocenters. The molecule has 8 heteroatoms. The summed E-state index contributed by atoms with van der Waals surface area (Å²) in [5.41, 5.74) is 0.619. The van der Waals surface area contributed by atoms with Crippen LogP contribution in [0.25, 0.3) is 10.8 Å². The zero-order valence-electron chi connectivity index (χ0n) is 14.3. The van der Waals surface area contributed by atoms with Crippen molar-refractivity contribution < 1.29 is 23.8 Å². The first-order valence-corrected chi connectivity index (χ1v) is 8.80. The van der Waals surface area contributed by atoms with E-state index in [-0.39, 0.29) is 24.5 Å². The fourth-order valence-corrected chi connectivity index (χ4v) is 4.05. The lowest BCUT2D eigenvalue weighted by atomic mass is 10.1. The Balaban J connectivity index is 1.86. The first kappa shape index (κ1) is 17.6. The Bertz CT molecular complexity index is 797. The fraction of sp³-hybridized carbons (Fsp3) is 0.471. The Morgan fingerprint density at radius 2 is 2.20 bits per heavy atom. The fourth-order valence-electron chi connectivity index (χ4n) is 3.07. The molecule has 1 N–H and O–H groups in total. The summed E-state index contributed by atoms with van der Waals surface area (Å²) in [4.78, 5) is 30.6. The molecule has 1 aliphatic heterocycles. The lowest BCUT2D eigenvalue weighted by Crippen LogP contribution is -2.37. The van der Waals surface area contributed by atoms with Gasteiger partial charge in [-0.3, -0.25) is 9.59 Å². The minimum Gasteiger partial charge on any atom is -0.481 e. The number of aryl methyl sites for hydroxylation is 2. The molecule has 0 saturated carbocycles. The van der Waals surface area contributed by atoms with Gasteiger partial charge in [0.25, 0.3) is 5.91 Å². The van der Waals surface area contributed by atoms with Crippen molar-refractivity contribution in [3.8, 4) is 10.8 Å². The van der Waals surface area contributed by atoms with Gasteiger partial charge in [0.15, 0.2) is 10.8 Å². The van der Waals surface area contributed by atoms with Crippen molar-refractivity contribution in [2.45, 2.75) is 38.8 Å². The predicted octanol–water partition coefficient (Wildman–Crippen LogP) is 2.72. The van der Waals surface area contributed by atoms with Crippen molar-refractivity contribution in [3.63, 3.8) is 0 Å². The number of rotatable bonds is 5. The maximum absolute atomic E-state index is 13.0. The standard InChI is InChI=1S/C17H20N2O5S/c1-9-4-5-13(24-9)16-18-10(2)15(25-16)17(22)19-8-12(23-3)6-11(19)7-14(20)21/h4-5,11-12H,6-8H2,1-3H3,(H,20,21). The number of carboxylic acid groups (broad SMARTS) is 1. The van der Waals surface area contributed by atoms with E-state index in [4.69, 9.17) is 14.3 Å². The first-order valence-electron chi connectivity index (χ1n) is 7.98. The van der Waals surface area contributed by atoms with Crippen LogP contribution in [0.3, 0.4) is 0 Å². The molecule has 2 unspecified atom stereocenters. The van der Waals surface area contributed by atoms with E-state index >= 15 is 0 Å². The summed E-state index contributed by atoms with van der Waals surface area (Å²) in [5.74, 6) is 0.283. The van der Waals surface area contributed by atoms with Crippen LogP contribution >= 0.6 is 11.3 Å². The molecule has 0 spiro atoms. The van der Waals surface area contributed by atoms with Gasteiger partial charge in [-0.1, -0.05) is 0 Å². The Morgan fingerprint density at radius 3 is 2.80 bits per heavy atom. The van der Waals surface area contributed by atoms with Crippen molar-refractivity contribution >= 4 is 23.2 Å². The van der Waals surface area contributed by atoms with E-state index in [2.05, 4.69) is 4.98 Å². The smallest absolute Gasteiger partial charge is 0.305 e. The highest BCUT2D eigenvalue weighted by molar-refractivity contribution is 7.17. The highest BCUT2D eigenvalue weighted by Gasteiger charge is 2.38. The number of methoxy groups -OCH3 is 1. The number of aromatic nitrogens is 1. The molecule has 3 heterocycles. The van der Waals surface area contributed by atoms with Crippen LogP contribution in [0.4, 0.5) is 0 Å². The number of carboxylic acids is 1. The average molecular weight is 364 g/mol. The monoisotopic (exact) mass is 364 g/mol. The van der Waals surface area contributed by atoms with Crippen LogP contribution in [-0.4, -0.2) is 52.7 Å². The van der Waals surface area contributed by atoms with Crippen LogP contribution in [0.15, 0.2) is 16.5 Å². The van der Waals surface area contributed by atoms with Gasteiger partial charge in [0.1, 0.15) is 10.6 Å². The topological polar surface area (TPSA) is 92.9 Å². The quantitative estimate of drug-likeness (QED) is 0.877. The van der Waals surface area contributed by atoms with E-state index < -0.39 is 5.97 Å². The van der Waals surface area contributed by atoms with Gasteiger partial charge in [-0.2, -0.15) is 0 Å². The third-order valence-corrected chi connectivity index (χ3v) is 5.48. The third-order valence-electron chi connectivity index (χ3n) is 4.32. The van der Waals surface area contributed by atoms with E-state index in [1.165, 1.54) is 11.3 Å². The van der Waals surface area contributed by atoms with Crippen LogP contribution < -0.4 is 0 Å². The summed E-state index contributed by atoms with van der Waals surface area (Å²) in [7, 11) is 1.58. The molecular formula is C17H20N2O5S. The van der Waals surface area contributed by atoms with Crippen LogP contribution in [-0.2, 0) is 9.53 Å². The molecule has 0 bridgehead atoms. The molecule has 134 valence electrons. The van der Waals surface area contributed by atoms with Crippen molar-refractivity contribution in [2.24, 2.45) is 0 Å². The zero-order valence-corrected chi connectivity index (χ0v) is 15.1. The highest BCUT2D eigenvalue weighted by atomic mass is 32.1. The number of hydrogen-bond acceptors (Lipinski definition) is 6. The van der Waals surface area contributed by atoms with Gasteiger partial charge in [-0.25, -0.2) is 4.98 Å². The molecule has 3 rings (SSSR count). The molecule has 2 aromatic rings. The van der Waals surface area contributed by atoms with Crippen LogP contribution in [0.2, 0.25) is 0 Å². The molecule has 1 aliphatic rings. The van der Waals surface area contributed by atoms with Crippen molar-refractivity contribution in [2.75, 3.05) is 13.7 Å². The molecule has 7 nitrogen and oxygen atoms in total. The first-order chi connectivity index (χ1) is 11.9. The Labute approximate surface area is 149 Å². The van der Waals surface area contributed by atoms with Crippen molar-refractivity contribution in [3.05, 3.63) is 28.5 Å². The molecule has 0 aliphatic carbocycles. The SMILES string of the molecule is COC1CC(CC(=O)O)N(C(=O)c2sc(-c3ccc(C)o3)nc2C)C1. The number of ether oxygens (including phenoxy) is 1. The summed E-state index contributed by atoms with van der Waals surface area (Å²) in [5, 5.41) is 9.76. The summed E-state index contributed by atoms with van der Waals surface area (Å²) in [6, 6.07) is 3.30. The van der Waals surface area contributed by atoms with Gasteiger partial charge in [0.2, 0.25) is 0 Å². The Hall–Kier alpha value is -2.19. The molecule has 0 radical (unpaired) electrons. The molecule has 0 aromatic carbocycles. The normalized spacial score (nSPS) is 20.2. The molecule has 25 heavy (non-hydrogen) atoms. The molecule has 1 fully saturated rings. The number of aliphatic carboxylic acids is 1. The van der Waals surface area contributed by atoms with Gasteiger partial charge in [0.05, 0.1) is 18.2 Å². The highest BCUT2D eigenvalue weighted by Crippen LogP contribution is 2.32. The second-order valence-corrected chi connectivity index (χ2v) is 7.15. The van der Waals surface area contributed by atoms with Gasteiger partial charge in [-0.05, 0) is 32.4 Å². The summed E-state index contributed by atoms with van der Waals surface area (Å²) in [6.45, 7) is 4.01. The molecule has 1 saturated heterocycles. The number of furan rings is 1. The van der Waals surface area contributed by atoms with E-state index in [1.54, 1.807) is 18.9 Å². The second kappa shape index (κ2) is 6.97. The number of carbonyl (C=O) groups is 2. The number of carbonyl (C=O) groups excluding carboxylic acids is 1. The zero-order chi connectivity index (χ0) is 18.1. The van der Waals surface area contributed by atoms with E-state index in [1.807, 2.05) is 19.1 Å². The maximum Gasteiger partial charge on any atom is 0.305 e. The lowest BCUT2D eigenvalue weighted by molar-refractivity contribution is -0.137. The van der Waals surface area contributed by atoms with E-state index in [9.17, 15) is 9.59 Å². The van der Waals surface area contributed by atoms with Crippen LogP contribution in [0.5, 0.6) is 0 Å². The minimum atomic E-state index is -0.924. The van der Waals surface area contributed by atoms with E-state index in [0.29, 0.717) is 34.3 Å². The van der Waals surface area contributed by atoms with Crippen molar-refractivity contribution in [1.29, 1.82) is 0 Å². The lowest BCUT2D eigenvalue weighted by Gasteiger charge is -2.22. The summed E-state index contributed by atoms with van der Waals surface area (Å²) >= 11 is 1.27. The van der Waals surface area contributed by atoms with Crippen LogP contribution in [0.1, 0.15) is 34.0 Å². The number of amides is 1. The summed E-state index contributed by atoms with van der Waals surface area (Å²) < 4.78 is 10.9. The van der Waals surface area contributed by atoms with Gasteiger partial charge < -0.3 is 19.2 Å². The minimum absolute atomic E-state index is 0.0896. The van der Waals surface area contributed by atoms with Gasteiger partial charge in [0, 0.05) is 19.7 Å². The second-order valence-electron chi connectivity index (χ2n) is 6.15. The number of thiazole rings is 1.